The average Bonchev–Trinajstić information content (AvgIpc) is 2.43. The molecule has 2 N–H and O–H groups in total. The quantitative estimate of drug-likeness (QED) is 0.233. The third-order valence-corrected chi connectivity index (χ3v) is 7.24. The van der Waals surface area contributed by atoms with Crippen molar-refractivity contribution in [2.75, 3.05) is 0 Å². The van der Waals surface area contributed by atoms with Crippen LogP contribution < -0.4 is 0 Å². The predicted molar refractivity (Wildman–Crippen MR) is 104 cm³/mol. The van der Waals surface area contributed by atoms with Crippen molar-refractivity contribution >= 4 is 73.7 Å². The lowest BCUT2D eigenvalue weighted by molar-refractivity contribution is -0.107. The number of esters is 1. The zero-order valence-electron chi connectivity index (χ0n) is 11.1. The summed E-state index contributed by atoms with van der Waals surface area (Å²) < 4.78 is 8.50. The van der Waals surface area contributed by atoms with Crippen LogP contribution in [0.15, 0.2) is 12.1 Å². The Hall–Kier alpha value is 0.800. The molecule has 0 aliphatic heterocycles. The van der Waals surface area contributed by atoms with Crippen molar-refractivity contribution in [3.8, 4) is 0 Å². The number of hydrogen-bond donors (Lipinski definition) is 2. The van der Waals surface area contributed by atoms with Crippen molar-refractivity contribution in [3.05, 3.63) is 28.4 Å². The van der Waals surface area contributed by atoms with Crippen LogP contribution in [-0.4, -0.2) is 28.6 Å². The van der Waals surface area contributed by atoms with Gasteiger partial charge in [-0.3, -0.25) is 0 Å². The minimum atomic E-state index is -1.33. The fraction of sp³-hybridized carbons (Fsp3) is 0.500. The molecule has 1 aromatic carbocycles. The van der Waals surface area contributed by atoms with Gasteiger partial charge in [0.25, 0.3) is 0 Å². The molecule has 0 saturated heterocycles. The number of rotatable bonds is 3. The molecular weight excluding hydrogens is 613 g/mol. The highest BCUT2D eigenvalue weighted by Gasteiger charge is 2.29. The van der Waals surface area contributed by atoms with Crippen LogP contribution in [0.3, 0.4) is 0 Å². The van der Waals surface area contributed by atoms with Crippen LogP contribution >= 0.6 is 67.8 Å². The van der Waals surface area contributed by atoms with Gasteiger partial charge >= 0.3 is 5.97 Å². The number of halogens is 3. The summed E-state index contributed by atoms with van der Waals surface area (Å²) in [5.41, 5.74) is 0.582. The molecule has 0 amide bonds. The van der Waals surface area contributed by atoms with E-state index in [1.807, 2.05) is 12.1 Å². The van der Waals surface area contributed by atoms with Crippen molar-refractivity contribution in [1.82, 2.24) is 0 Å². The number of benzene rings is 1. The smallest absolute Gasteiger partial charge is 0.339 e. The van der Waals surface area contributed by atoms with Crippen LogP contribution in [0.1, 0.15) is 36.0 Å². The Morgan fingerprint density at radius 2 is 1.95 bits per heavy atom. The summed E-state index contributed by atoms with van der Waals surface area (Å²) in [4.78, 5) is 12.4. The lowest BCUT2D eigenvalue weighted by Gasteiger charge is -2.29. The Morgan fingerprint density at radius 1 is 1.24 bits per heavy atom. The van der Waals surface area contributed by atoms with Gasteiger partial charge < -0.3 is 14.9 Å². The Bertz CT molecular complexity index is 533. The zero-order chi connectivity index (χ0) is 15.6. The molecule has 2 atom stereocenters. The van der Waals surface area contributed by atoms with E-state index in [0.717, 1.165) is 30.0 Å². The molecule has 1 aliphatic carbocycles. The molecule has 1 aromatic rings. The summed E-state index contributed by atoms with van der Waals surface area (Å²) >= 11 is 6.54. The average molecular weight is 628 g/mol. The van der Waals surface area contributed by atoms with Gasteiger partial charge in [0, 0.05) is 16.6 Å². The van der Waals surface area contributed by atoms with E-state index in [1.165, 1.54) is 0 Å². The van der Waals surface area contributed by atoms with Crippen LogP contribution in [0, 0.1) is 16.6 Å². The third-order valence-electron chi connectivity index (χ3n) is 3.57. The molecular formula is C14H15I3O4. The van der Waals surface area contributed by atoms with E-state index in [4.69, 9.17) is 4.74 Å². The standard InChI is InChI=1S/C14H15I3O4/c15-8-5-10(12(17)11(16)6-8)14(20)21-9-3-1-2-7(4-9)13(18)19/h5-7,9,13,18-19H,1-4H2. The first kappa shape index (κ1) is 18.1. The van der Waals surface area contributed by atoms with Crippen molar-refractivity contribution in [1.29, 1.82) is 0 Å². The molecule has 0 aromatic heterocycles. The lowest BCUT2D eigenvalue weighted by atomic mass is 9.87. The van der Waals surface area contributed by atoms with Crippen LogP contribution in [-0.2, 0) is 4.74 Å². The molecule has 2 unspecified atom stereocenters. The number of aliphatic hydroxyl groups excluding tert-OH is 1. The Labute approximate surface area is 164 Å². The molecule has 4 nitrogen and oxygen atoms in total. The van der Waals surface area contributed by atoms with Gasteiger partial charge in [-0.25, -0.2) is 4.79 Å². The maximum atomic E-state index is 12.4. The molecule has 2 rings (SSSR count). The van der Waals surface area contributed by atoms with E-state index in [9.17, 15) is 15.0 Å². The molecule has 0 bridgehead atoms. The van der Waals surface area contributed by atoms with Crippen LogP contribution in [0.2, 0.25) is 0 Å². The van der Waals surface area contributed by atoms with Crippen molar-refractivity contribution in [2.24, 2.45) is 5.92 Å². The second-order valence-electron chi connectivity index (χ2n) is 5.12. The van der Waals surface area contributed by atoms with Gasteiger partial charge in [-0.15, -0.1) is 0 Å². The second-order valence-corrected chi connectivity index (χ2v) is 8.60. The summed E-state index contributed by atoms with van der Waals surface area (Å²) in [7, 11) is 0. The molecule has 0 spiro atoms. The van der Waals surface area contributed by atoms with E-state index in [0.29, 0.717) is 12.0 Å². The second kappa shape index (κ2) is 8.06. The summed E-state index contributed by atoms with van der Waals surface area (Å²) in [6.07, 6.45) is 1.36. The van der Waals surface area contributed by atoms with Crippen molar-refractivity contribution in [3.63, 3.8) is 0 Å². The van der Waals surface area contributed by atoms with Gasteiger partial charge in [0.1, 0.15) is 6.10 Å². The Balaban J connectivity index is 2.08. The monoisotopic (exact) mass is 628 g/mol. The Kier molecular flexibility index (Phi) is 6.97. The maximum absolute atomic E-state index is 12.4. The molecule has 0 radical (unpaired) electrons. The fourth-order valence-corrected chi connectivity index (χ4v) is 4.85. The highest BCUT2D eigenvalue weighted by Crippen LogP contribution is 2.30. The first-order valence-corrected chi connectivity index (χ1v) is 9.83. The lowest BCUT2D eigenvalue weighted by Crippen LogP contribution is -2.31. The molecule has 1 fully saturated rings. The first-order chi connectivity index (χ1) is 9.88. The van der Waals surface area contributed by atoms with E-state index < -0.39 is 6.29 Å². The molecule has 1 saturated carbocycles. The normalized spacial score (nSPS) is 22.4. The van der Waals surface area contributed by atoms with E-state index in [1.54, 1.807) is 0 Å². The summed E-state index contributed by atoms with van der Waals surface area (Å²) in [6.45, 7) is 0. The van der Waals surface area contributed by atoms with Crippen molar-refractivity contribution in [2.45, 2.75) is 38.1 Å². The fourth-order valence-electron chi connectivity index (χ4n) is 2.48. The van der Waals surface area contributed by atoms with Gasteiger partial charge in [-0.1, -0.05) is 0 Å². The van der Waals surface area contributed by atoms with Crippen LogP contribution in [0.5, 0.6) is 0 Å². The minimum absolute atomic E-state index is 0.202. The summed E-state index contributed by atoms with van der Waals surface area (Å²) in [6, 6.07) is 3.84. The molecule has 1 aliphatic rings. The van der Waals surface area contributed by atoms with Gasteiger partial charge in [0.05, 0.1) is 5.56 Å². The van der Waals surface area contributed by atoms with Crippen LogP contribution in [0.25, 0.3) is 0 Å². The molecule has 21 heavy (non-hydrogen) atoms. The number of ether oxygens (including phenoxy) is 1. The van der Waals surface area contributed by atoms with E-state index in [-0.39, 0.29) is 18.0 Å². The molecule has 0 heterocycles. The predicted octanol–water partition coefficient (Wildman–Crippen LogP) is 3.53. The summed E-state index contributed by atoms with van der Waals surface area (Å²) in [5, 5.41) is 18.5. The highest BCUT2D eigenvalue weighted by atomic mass is 127. The van der Waals surface area contributed by atoms with Gasteiger partial charge in [-0.05, 0) is 106 Å². The zero-order valence-corrected chi connectivity index (χ0v) is 17.5. The highest BCUT2D eigenvalue weighted by molar-refractivity contribution is 14.1. The van der Waals surface area contributed by atoms with Gasteiger partial charge in [0.15, 0.2) is 6.29 Å². The number of carbonyl (C=O) groups excluding carboxylic acids is 1. The first-order valence-electron chi connectivity index (χ1n) is 6.60. The van der Waals surface area contributed by atoms with E-state index in [2.05, 4.69) is 67.8 Å². The Morgan fingerprint density at radius 3 is 2.62 bits per heavy atom. The summed E-state index contributed by atoms with van der Waals surface area (Å²) in [5.74, 6) is -0.527. The van der Waals surface area contributed by atoms with E-state index >= 15 is 0 Å². The maximum Gasteiger partial charge on any atom is 0.339 e. The van der Waals surface area contributed by atoms with Gasteiger partial charge in [-0.2, -0.15) is 0 Å². The number of aliphatic hydroxyl groups is 2. The van der Waals surface area contributed by atoms with Gasteiger partial charge in [0.2, 0.25) is 0 Å². The van der Waals surface area contributed by atoms with Crippen LogP contribution in [0.4, 0.5) is 0 Å². The number of carbonyl (C=O) groups is 1. The largest absolute Gasteiger partial charge is 0.459 e. The topological polar surface area (TPSA) is 66.8 Å². The minimum Gasteiger partial charge on any atom is -0.459 e. The molecule has 116 valence electrons. The molecule has 7 heteroatoms. The number of hydrogen-bond acceptors (Lipinski definition) is 4. The third kappa shape index (κ3) is 4.88. The van der Waals surface area contributed by atoms with Crippen molar-refractivity contribution < 1.29 is 19.7 Å². The SMILES string of the molecule is O=C(OC1CCCC(C(O)O)C1)c1cc(I)cc(I)c1I.